The number of hydrogen-bond donors (Lipinski definition) is 1. The molecule has 0 radical (unpaired) electrons. The van der Waals surface area contributed by atoms with Crippen molar-refractivity contribution in [1.82, 2.24) is 10.2 Å². The third-order valence-electron chi connectivity index (χ3n) is 6.23. The zero-order chi connectivity index (χ0) is 27.7. The second kappa shape index (κ2) is 13.6. The number of carbonyl (C=O) groups excluding carboxylic acids is 2. The number of hydrogen-bond acceptors (Lipinski definition) is 4. The van der Waals surface area contributed by atoms with E-state index in [1.807, 2.05) is 50.2 Å². The smallest absolute Gasteiger partial charge is 0.264 e. The van der Waals surface area contributed by atoms with E-state index in [9.17, 15) is 18.0 Å². The number of nitrogens with one attached hydrogen (secondary N) is 1. The van der Waals surface area contributed by atoms with Gasteiger partial charge >= 0.3 is 0 Å². The molecule has 1 N–H and O–H groups in total. The highest BCUT2D eigenvalue weighted by atomic mass is 79.9. The maximum atomic E-state index is 13.8. The summed E-state index contributed by atoms with van der Waals surface area (Å²) in [5, 5.41) is 2.84. The first-order valence-corrected chi connectivity index (χ1v) is 14.9. The van der Waals surface area contributed by atoms with E-state index in [0.29, 0.717) is 12.2 Å². The fourth-order valence-corrected chi connectivity index (χ4v) is 5.61. The molecule has 0 spiro atoms. The Labute approximate surface area is 234 Å². The SMILES string of the molecule is CCCNC(=O)[C@H](C)N(Cc1ccc(Br)cc1)C(=O)CN(c1ccc(CC)cc1)S(=O)(=O)c1ccccc1. The first-order valence-electron chi connectivity index (χ1n) is 12.7. The first-order chi connectivity index (χ1) is 18.2. The van der Waals surface area contributed by atoms with Crippen molar-refractivity contribution in [3.8, 4) is 0 Å². The molecule has 0 heterocycles. The molecule has 1 atom stereocenters. The van der Waals surface area contributed by atoms with Gasteiger partial charge in [-0.15, -0.1) is 0 Å². The van der Waals surface area contributed by atoms with Crippen LogP contribution in [0.5, 0.6) is 0 Å². The third-order valence-corrected chi connectivity index (χ3v) is 8.54. The average molecular weight is 601 g/mol. The van der Waals surface area contributed by atoms with Gasteiger partial charge in [0.05, 0.1) is 10.6 Å². The number of benzene rings is 3. The van der Waals surface area contributed by atoms with Gasteiger partial charge in [0.2, 0.25) is 11.8 Å². The van der Waals surface area contributed by atoms with Crippen LogP contribution in [-0.2, 0) is 32.6 Å². The molecule has 0 unspecified atom stereocenters. The van der Waals surface area contributed by atoms with Crippen molar-refractivity contribution in [2.75, 3.05) is 17.4 Å². The fraction of sp³-hybridized carbons (Fsp3) is 0.310. The van der Waals surface area contributed by atoms with Crippen LogP contribution in [0.3, 0.4) is 0 Å². The van der Waals surface area contributed by atoms with E-state index in [2.05, 4.69) is 21.2 Å². The van der Waals surface area contributed by atoms with Crippen molar-refractivity contribution < 1.29 is 18.0 Å². The summed E-state index contributed by atoms with van der Waals surface area (Å²) in [4.78, 5) is 28.3. The van der Waals surface area contributed by atoms with Crippen LogP contribution in [0.4, 0.5) is 5.69 Å². The van der Waals surface area contributed by atoms with E-state index in [1.54, 1.807) is 37.3 Å². The minimum Gasteiger partial charge on any atom is -0.354 e. The van der Waals surface area contributed by atoms with Crippen LogP contribution in [0.15, 0.2) is 88.2 Å². The van der Waals surface area contributed by atoms with Gasteiger partial charge in [-0.05, 0) is 67.3 Å². The molecular weight excluding hydrogens is 566 g/mol. The van der Waals surface area contributed by atoms with Gasteiger partial charge in [-0.1, -0.05) is 72.2 Å². The lowest BCUT2D eigenvalue weighted by molar-refractivity contribution is -0.139. The van der Waals surface area contributed by atoms with Crippen molar-refractivity contribution in [2.45, 2.75) is 51.1 Å². The number of aryl methyl sites for hydroxylation is 1. The van der Waals surface area contributed by atoms with Crippen molar-refractivity contribution in [3.05, 3.63) is 94.5 Å². The van der Waals surface area contributed by atoms with Crippen LogP contribution in [0.2, 0.25) is 0 Å². The Morgan fingerprint density at radius 3 is 2.08 bits per heavy atom. The summed E-state index contributed by atoms with van der Waals surface area (Å²) in [6.07, 6.45) is 1.56. The van der Waals surface area contributed by atoms with E-state index in [1.165, 1.54) is 17.0 Å². The number of anilines is 1. The van der Waals surface area contributed by atoms with Crippen LogP contribution in [0.1, 0.15) is 38.3 Å². The number of sulfonamides is 1. The summed E-state index contributed by atoms with van der Waals surface area (Å²) in [5.74, 6) is -0.770. The van der Waals surface area contributed by atoms with Gasteiger partial charge in [-0.3, -0.25) is 13.9 Å². The molecule has 0 fully saturated rings. The largest absolute Gasteiger partial charge is 0.354 e. The van der Waals surface area contributed by atoms with Gasteiger partial charge < -0.3 is 10.2 Å². The highest BCUT2D eigenvalue weighted by Crippen LogP contribution is 2.25. The lowest BCUT2D eigenvalue weighted by Gasteiger charge is -2.32. The van der Waals surface area contributed by atoms with Crippen molar-refractivity contribution in [3.63, 3.8) is 0 Å². The Bertz CT molecular complexity index is 1310. The number of carbonyl (C=O) groups is 2. The predicted octanol–water partition coefficient (Wildman–Crippen LogP) is 5.15. The van der Waals surface area contributed by atoms with E-state index >= 15 is 0 Å². The standard InChI is InChI=1S/C29H34BrN3O4S/c1-4-19-31-29(35)22(3)32(20-24-11-15-25(30)16-12-24)28(34)21-33(26-17-13-23(5-2)14-18-26)38(36,37)27-9-7-6-8-10-27/h6-18,22H,4-5,19-21H2,1-3H3,(H,31,35)/t22-/m0/s1. The normalized spacial score (nSPS) is 12.0. The summed E-state index contributed by atoms with van der Waals surface area (Å²) in [7, 11) is -4.06. The molecule has 202 valence electrons. The molecule has 0 bridgehead atoms. The van der Waals surface area contributed by atoms with E-state index < -0.39 is 28.5 Å². The predicted molar refractivity (Wildman–Crippen MR) is 154 cm³/mol. The van der Waals surface area contributed by atoms with Crippen LogP contribution in [0, 0.1) is 0 Å². The lowest BCUT2D eigenvalue weighted by atomic mass is 10.1. The molecule has 0 aliphatic rings. The quantitative estimate of drug-likeness (QED) is 0.312. The lowest BCUT2D eigenvalue weighted by Crippen LogP contribution is -2.51. The average Bonchev–Trinajstić information content (AvgIpc) is 2.94. The molecule has 0 aliphatic carbocycles. The Morgan fingerprint density at radius 2 is 1.50 bits per heavy atom. The molecule has 3 aromatic carbocycles. The summed E-state index contributed by atoms with van der Waals surface area (Å²) >= 11 is 3.42. The molecule has 0 aromatic heterocycles. The minimum absolute atomic E-state index is 0.0839. The molecule has 0 saturated heterocycles. The molecule has 0 aliphatic heterocycles. The third kappa shape index (κ3) is 7.45. The Kier molecular flexibility index (Phi) is 10.5. The molecule has 0 saturated carbocycles. The molecule has 3 rings (SSSR count). The molecule has 38 heavy (non-hydrogen) atoms. The maximum Gasteiger partial charge on any atom is 0.264 e. The molecule has 3 aromatic rings. The van der Waals surface area contributed by atoms with Gasteiger partial charge in [0.25, 0.3) is 10.0 Å². The van der Waals surface area contributed by atoms with Gasteiger partial charge in [0.15, 0.2) is 0 Å². The van der Waals surface area contributed by atoms with Crippen LogP contribution in [-0.4, -0.2) is 44.3 Å². The van der Waals surface area contributed by atoms with Gasteiger partial charge in [0.1, 0.15) is 12.6 Å². The van der Waals surface area contributed by atoms with Gasteiger partial charge in [-0.25, -0.2) is 8.42 Å². The monoisotopic (exact) mass is 599 g/mol. The Hall–Kier alpha value is -3.17. The Morgan fingerprint density at radius 1 is 0.895 bits per heavy atom. The summed E-state index contributed by atoms with van der Waals surface area (Å²) in [6.45, 7) is 5.81. The molecule has 2 amide bonds. The topological polar surface area (TPSA) is 86.8 Å². The maximum absolute atomic E-state index is 13.8. The second-order valence-corrected chi connectivity index (χ2v) is 11.7. The van der Waals surface area contributed by atoms with E-state index in [0.717, 1.165) is 32.7 Å². The van der Waals surface area contributed by atoms with Crippen molar-refractivity contribution in [1.29, 1.82) is 0 Å². The second-order valence-electron chi connectivity index (χ2n) is 8.96. The van der Waals surface area contributed by atoms with E-state index in [4.69, 9.17) is 0 Å². The van der Waals surface area contributed by atoms with Crippen LogP contribution in [0.25, 0.3) is 0 Å². The summed E-state index contributed by atoms with van der Waals surface area (Å²) in [6, 6.07) is 21.8. The van der Waals surface area contributed by atoms with Gasteiger partial charge in [0, 0.05) is 17.6 Å². The number of amides is 2. The van der Waals surface area contributed by atoms with E-state index in [-0.39, 0.29) is 17.3 Å². The molecular formula is C29H34BrN3O4S. The number of rotatable bonds is 12. The fourth-order valence-electron chi connectivity index (χ4n) is 3.91. The minimum atomic E-state index is -4.06. The highest BCUT2D eigenvalue weighted by molar-refractivity contribution is 9.10. The van der Waals surface area contributed by atoms with Crippen molar-refractivity contribution in [2.24, 2.45) is 0 Å². The van der Waals surface area contributed by atoms with Gasteiger partial charge in [-0.2, -0.15) is 0 Å². The van der Waals surface area contributed by atoms with Crippen LogP contribution < -0.4 is 9.62 Å². The number of nitrogens with zero attached hydrogens (tertiary/aromatic N) is 2. The zero-order valence-electron chi connectivity index (χ0n) is 21.9. The molecule has 7 nitrogen and oxygen atoms in total. The van der Waals surface area contributed by atoms with Crippen molar-refractivity contribution >= 4 is 43.5 Å². The number of halogens is 1. The summed E-state index contributed by atoms with van der Waals surface area (Å²) in [5.41, 5.74) is 2.25. The summed E-state index contributed by atoms with van der Waals surface area (Å²) < 4.78 is 29.5. The zero-order valence-corrected chi connectivity index (χ0v) is 24.3. The Balaban J connectivity index is 2.00. The highest BCUT2D eigenvalue weighted by Gasteiger charge is 2.32. The first kappa shape index (κ1) is 29.4. The molecule has 9 heteroatoms. The van der Waals surface area contributed by atoms with Crippen LogP contribution >= 0.6 is 15.9 Å².